The minimum Gasteiger partial charge on any atom is -0.274 e. The van der Waals surface area contributed by atoms with E-state index >= 15 is 0 Å². The summed E-state index contributed by atoms with van der Waals surface area (Å²) in [6, 6.07) is 11.4. The first-order valence-electron chi connectivity index (χ1n) is 5.86. The van der Waals surface area contributed by atoms with Gasteiger partial charge in [0.1, 0.15) is 0 Å². The van der Waals surface area contributed by atoms with Gasteiger partial charge in [-0.05, 0) is 24.3 Å². The second-order valence-electron chi connectivity index (χ2n) is 3.41. The van der Waals surface area contributed by atoms with Gasteiger partial charge in [0.25, 0.3) is 0 Å². The van der Waals surface area contributed by atoms with Crippen LogP contribution in [0.4, 0.5) is 0 Å². The number of aromatic nitrogens is 2. The Balaban J connectivity index is 0.000000274. The maximum absolute atomic E-state index is 10.0. The summed E-state index contributed by atoms with van der Waals surface area (Å²) in [5.41, 5.74) is 4.21. The van der Waals surface area contributed by atoms with Crippen LogP contribution in [0.1, 0.15) is 13.8 Å². The predicted octanol–water partition coefficient (Wildman–Crippen LogP) is 1.34. The molecule has 6 heteroatoms. The van der Waals surface area contributed by atoms with Crippen LogP contribution >= 0.6 is 0 Å². The first-order valence-corrected chi connectivity index (χ1v) is 5.86. The summed E-state index contributed by atoms with van der Waals surface area (Å²) in [6.45, 7) is 2.63. The second-order valence-corrected chi connectivity index (χ2v) is 3.41. The lowest BCUT2D eigenvalue weighted by Crippen LogP contribution is -2.38. The topological polar surface area (TPSA) is 84.0 Å². The number of pyridine rings is 2. The lowest BCUT2D eigenvalue weighted by molar-refractivity contribution is -0.126. The van der Waals surface area contributed by atoms with E-state index in [2.05, 4.69) is 20.8 Å². The van der Waals surface area contributed by atoms with Crippen LogP contribution in [0.2, 0.25) is 0 Å². The smallest absolute Gasteiger partial charge is 0.235 e. The number of rotatable bonds is 0. The van der Waals surface area contributed by atoms with Crippen LogP contribution in [-0.2, 0) is 9.59 Å². The van der Waals surface area contributed by atoms with Gasteiger partial charge in [0.15, 0.2) is 0 Å². The fraction of sp³-hybridized carbons (Fsp3) is 0.143. The fourth-order valence-electron chi connectivity index (χ4n) is 0.801. The number of nitrogens with one attached hydrogen (secondary N) is 2. The molecule has 0 aliphatic rings. The van der Waals surface area contributed by atoms with Crippen LogP contribution in [0.3, 0.4) is 0 Å². The van der Waals surface area contributed by atoms with Crippen molar-refractivity contribution in [3.05, 3.63) is 61.2 Å². The highest BCUT2D eigenvalue weighted by atomic mass is 16.2. The van der Waals surface area contributed by atoms with Crippen molar-refractivity contribution in [2.24, 2.45) is 0 Å². The van der Waals surface area contributed by atoms with E-state index in [4.69, 9.17) is 0 Å². The fourth-order valence-corrected chi connectivity index (χ4v) is 0.801. The Morgan fingerprint density at radius 3 is 1.05 bits per heavy atom. The highest BCUT2D eigenvalue weighted by molar-refractivity contribution is 5.78. The monoisotopic (exact) mass is 274 g/mol. The maximum Gasteiger partial charge on any atom is 0.235 e. The summed E-state index contributed by atoms with van der Waals surface area (Å²) in [4.78, 5) is 27.6. The Labute approximate surface area is 118 Å². The molecule has 2 N–H and O–H groups in total. The molecule has 0 atom stereocenters. The summed E-state index contributed by atoms with van der Waals surface area (Å²) in [5.74, 6) is -0.555. The molecule has 0 radical (unpaired) electrons. The van der Waals surface area contributed by atoms with Crippen molar-refractivity contribution in [2.45, 2.75) is 13.8 Å². The van der Waals surface area contributed by atoms with Crippen molar-refractivity contribution >= 4 is 11.8 Å². The second kappa shape index (κ2) is 12.7. The molecule has 0 aliphatic heterocycles. The van der Waals surface area contributed by atoms with E-state index in [1.807, 2.05) is 36.4 Å². The zero-order valence-electron chi connectivity index (χ0n) is 11.5. The van der Waals surface area contributed by atoms with Crippen molar-refractivity contribution in [1.82, 2.24) is 20.8 Å². The standard InChI is InChI=1S/2C5H5N.C4H8N2O2/c2*1-2-4-6-5-3-1;1-3(7)5-6-4(2)8/h2*1-5H;1-2H3,(H,5,7)(H,6,8). The van der Waals surface area contributed by atoms with E-state index < -0.39 is 0 Å². The molecular weight excluding hydrogens is 256 g/mol. The third-order valence-corrected chi connectivity index (χ3v) is 1.55. The average Bonchev–Trinajstić information content (AvgIpc) is 2.50. The van der Waals surface area contributed by atoms with Crippen LogP contribution in [0, 0.1) is 0 Å². The van der Waals surface area contributed by atoms with Gasteiger partial charge in [0.2, 0.25) is 11.8 Å². The molecule has 0 aromatic carbocycles. The number of amides is 2. The molecule has 20 heavy (non-hydrogen) atoms. The SMILES string of the molecule is CC(=O)NNC(C)=O.c1ccncc1.c1ccncc1. The Kier molecular flexibility index (Phi) is 10.9. The first kappa shape index (κ1) is 17.2. The van der Waals surface area contributed by atoms with Gasteiger partial charge in [0.05, 0.1) is 0 Å². The third-order valence-electron chi connectivity index (χ3n) is 1.55. The molecule has 106 valence electrons. The third kappa shape index (κ3) is 15.2. The number of carbonyl (C=O) groups is 2. The van der Waals surface area contributed by atoms with Gasteiger partial charge >= 0.3 is 0 Å². The van der Waals surface area contributed by atoms with Crippen LogP contribution in [0.5, 0.6) is 0 Å². The number of hydrogen-bond donors (Lipinski definition) is 2. The molecule has 0 unspecified atom stereocenters. The van der Waals surface area contributed by atoms with E-state index in [1.165, 1.54) is 13.8 Å². The highest BCUT2D eigenvalue weighted by Gasteiger charge is 1.88. The minimum atomic E-state index is -0.278. The maximum atomic E-state index is 10.0. The molecule has 2 aromatic rings. The zero-order chi connectivity index (χ0) is 15.1. The number of carbonyl (C=O) groups excluding carboxylic acids is 2. The van der Waals surface area contributed by atoms with Crippen LogP contribution in [-0.4, -0.2) is 21.8 Å². The van der Waals surface area contributed by atoms with Crippen molar-refractivity contribution < 1.29 is 9.59 Å². The van der Waals surface area contributed by atoms with E-state index in [1.54, 1.807) is 24.8 Å². The molecule has 2 aromatic heterocycles. The number of hydrogen-bond acceptors (Lipinski definition) is 4. The van der Waals surface area contributed by atoms with Gasteiger partial charge in [-0.1, -0.05) is 12.1 Å². The lowest BCUT2D eigenvalue weighted by atomic mass is 10.5. The van der Waals surface area contributed by atoms with E-state index in [-0.39, 0.29) is 11.8 Å². The van der Waals surface area contributed by atoms with Crippen molar-refractivity contribution in [2.75, 3.05) is 0 Å². The van der Waals surface area contributed by atoms with Gasteiger partial charge < -0.3 is 0 Å². The molecule has 0 saturated heterocycles. The van der Waals surface area contributed by atoms with Crippen LogP contribution in [0.25, 0.3) is 0 Å². The van der Waals surface area contributed by atoms with Crippen LogP contribution in [0.15, 0.2) is 61.2 Å². The van der Waals surface area contributed by atoms with Gasteiger partial charge in [0, 0.05) is 38.6 Å². The highest BCUT2D eigenvalue weighted by Crippen LogP contribution is 1.74. The lowest BCUT2D eigenvalue weighted by Gasteiger charge is -1.97. The number of hydrazine groups is 1. The Morgan fingerprint density at radius 2 is 0.950 bits per heavy atom. The molecule has 0 bridgehead atoms. The van der Waals surface area contributed by atoms with E-state index in [0.717, 1.165) is 0 Å². The summed E-state index contributed by atoms with van der Waals surface area (Å²) in [6.07, 6.45) is 7.00. The summed E-state index contributed by atoms with van der Waals surface area (Å²) in [5, 5.41) is 0. The van der Waals surface area contributed by atoms with Crippen molar-refractivity contribution in [3.63, 3.8) is 0 Å². The van der Waals surface area contributed by atoms with Gasteiger partial charge in [-0.15, -0.1) is 0 Å². The zero-order valence-corrected chi connectivity index (χ0v) is 11.5. The molecule has 0 fully saturated rings. The van der Waals surface area contributed by atoms with Crippen LogP contribution < -0.4 is 10.9 Å². The number of nitrogens with zero attached hydrogens (tertiary/aromatic N) is 2. The van der Waals surface area contributed by atoms with E-state index in [9.17, 15) is 9.59 Å². The predicted molar refractivity (Wildman–Crippen MR) is 76.1 cm³/mol. The first-order chi connectivity index (χ1) is 9.63. The summed E-state index contributed by atoms with van der Waals surface area (Å²) < 4.78 is 0. The molecule has 0 saturated carbocycles. The quantitative estimate of drug-likeness (QED) is 0.710. The molecule has 0 aliphatic carbocycles. The molecule has 2 amide bonds. The normalized spacial score (nSPS) is 7.90. The van der Waals surface area contributed by atoms with Crippen molar-refractivity contribution in [3.8, 4) is 0 Å². The van der Waals surface area contributed by atoms with Crippen molar-refractivity contribution in [1.29, 1.82) is 0 Å². The molecule has 2 heterocycles. The Hall–Kier alpha value is -2.76. The average molecular weight is 274 g/mol. The van der Waals surface area contributed by atoms with Gasteiger partial charge in [-0.25, -0.2) is 0 Å². The van der Waals surface area contributed by atoms with Gasteiger partial charge in [-0.3, -0.25) is 30.4 Å². The minimum absolute atomic E-state index is 0.278. The molecule has 6 nitrogen and oxygen atoms in total. The Morgan fingerprint density at radius 1 is 0.650 bits per heavy atom. The molecule has 2 rings (SSSR count). The molecular formula is C14H18N4O2. The molecule has 0 spiro atoms. The largest absolute Gasteiger partial charge is 0.274 e. The Bertz CT molecular complexity index is 364. The summed E-state index contributed by atoms with van der Waals surface area (Å²) >= 11 is 0. The van der Waals surface area contributed by atoms with E-state index in [0.29, 0.717) is 0 Å². The summed E-state index contributed by atoms with van der Waals surface area (Å²) in [7, 11) is 0. The van der Waals surface area contributed by atoms with Gasteiger partial charge in [-0.2, -0.15) is 0 Å².